The smallest absolute Gasteiger partial charge is 0.350 e. The maximum Gasteiger partial charge on any atom is 0.350 e. The first kappa shape index (κ1) is 14.3. The van der Waals surface area contributed by atoms with Crippen molar-refractivity contribution in [1.82, 2.24) is 4.98 Å². The van der Waals surface area contributed by atoms with Crippen molar-refractivity contribution in [3.63, 3.8) is 0 Å². The first-order valence-corrected chi connectivity index (χ1v) is 7.19. The van der Waals surface area contributed by atoms with Gasteiger partial charge in [-0.05, 0) is 24.6 Å². The Balaban J connectivity index is 1.71. The van der Waals surface area contributed by atoms with Gasteiger partial charge in [-0.2, -0.15) is 0 Å². The van der Waals surface area contributed by atoms with Crippen molar-refractivity contribution in [2.45, 2.75) is 19.4 Å². The van der Waals surface area contributed by atoms with E-state index in [1.54, 1.807) is 13.1 Å². The van der Waals surface area contributed by atoms with Crippen molar-refractivity contribution in [3.8, 4) is 11.3 Å². The fraction of sp³-hybridized carbons (Fsp3) is 0.235. The van der Waals surface area contributed by atoms with E-state index < -0.39 is 6.10 Å². The highest BCUT2D eigenvalue weighted by molar-refractivity contribution is 6.03. The highest BCUT2D eigenvalue weighted by atomic mass is 16.7. The molecule has 3 rings (SSSR count). The Kier molecular flexibility index (Phi) is 4.14. The van der Waals surface area contributed by atoms with Gasteiger partial charge in [0.05, 0.1) is 18.0 Å². The summed E-state index contributed by atoms with van der Waals surface area (Å²) in [5, 5.41) is 3.99. The summed E-state index contributed by atoms with van der Waals surface area (Å²) >= 11 is 0. The summed E-state index contributed by atoms with van der Waals surface area (Å²) in [4.78, 5) is 21.1. The number of carbonyl (C=O) groups is 1. The third-order valence-electron chi connectivity index (χ3n) is 3.40. The third kappa shape index (κ3) is 2.98. The molecule has 22 heavy (non-hydrogen) atoms. The second-order valence-corrected chi connectivity index (χ2v) is 4.88. The molecule has 0 saturated heterocycles. The lowest BCUT2D eigenvalue weighted by Crippen LogP contribution is -2.23. The predicted molar refractivity (Wildman–Crippen MR) is 82.3 cm³/mol. The van der Waals surface area contributed by atoms with Crippen molar-refractivity contribution in [2.75, 3.05) is 6.61 Å². The number of esters is 1. The molecule has 0 radical (unpaired) electrons. The number of hydrogen-bond donors (Lipinski definition) is 0. The molecule has 0 amide bonds. The Labute approximate surface area is 128 Å². The number of rotatable bonds is 4. The molecule has 5 nitrogen and oxygen atoms in total. The summed E-state index contributed by atoms with van der Waals surface area (Å²) in [5.74, 6) is -0.369. The lowest BCUT2D eigenvalue weighted by atomic mass is 10.0. The van der Waals surface area contributed by atoms with Gasteiger partial charge in [0, 0.05) is 18.2 Å². The highest BCUT2D eigenvalue weighted by Crippen LogP contribution is 2.21. The average molecular weight is 296 g/mol. The van der Waals surface area contributed by atoms with Gasteiger partial charge in [0.25, 0.3) is 0 Å². The van der Waals surface area contributed by atoms with Crippen LogP contribution in [-0.4, -0.2) is 29.4 Å². The maximum absolute atomic E-state index is 11.6. The zero-order valence-electron chi connectivity index (χ0n) is 12.2. The summed E-state index contributed by atoms with van der Waals surface area (Å²) < 4.78 is 4.94. The first-order valence-electron chi connectivity index (χ1n) is 7.19. The molecule has 1 atom stereocenters. The van der Waals surface area contributed by atoms with E-state index in [0.717, 1.165) is 22.5 Å². The topological polar surface area (TPSA) is 60.8 Å². The number of nitrogens with zero attached hydrogens (tertiary/aromatic N) is 2. The fourth-order valence-corrected chi connectivity index (χ4v) is 2.28. The first-order chi connectivity index (χ1) is 10.8. The van der Waals surface area contributed by atoms with Crippen molar-refractivity contribution >= 4 is 11.7 Å². The van der Waals surface area contributed by atoms with Crippen LogP contribution in [0.1, 0.15) is 18.9 Å². The largest absolute Gasteiger partial charge is 0.463 e. The van der Waals surface area contributed by atoms with E-state index in [9.17, 15) is 4.79 Å². The van der Waals surface area contributed by atoms with Crippen LogP contribution in [0.2, 0.25) is 0 Å². The molecule has 0 aliphatic carbocycles. The minimum absolute atomic E-state index is 0.340. The molecule has 0 saturated carbocycles. The van der Waals surface area contributed by atoms with Crippen LogP contribution < -0.4 is 0 Å². The van der Waals surface area contributed by atoms with Crippen LogP contribution in [0, 0.1) is 0 Å². The Hall–Kier alpha value is -2.69. The average Bonchev–Trinajstić information content (AvgIpc) is 3.06. The van der Waals surface area contributed by atoms with E-state index in [4.69, 9.17) is 9.57 Å². The molecule has 1 unspecified atom stereocenters. The molecule has 0 bridgehead atoms. The van der Waals surface area contributed by atoms with Crippen molar-refractivity contribution in [3.05, 3.63) is 54.2 Å². The van der Waals surface area contributed by atoms with Gasteiger partial charge in [0.2, 0.25) is 6.10 Å². The zero-order chi connectivity index (χ0) is 15.4. The van der Waals surface area contributed by atoms with Crippen LogP contribution in [0.5, 0.6) is 0 Å². The van der Waals surface area contributed by atoms with Crippen LogP contribution in [0.3, 0.4) is 0 Å². The minimum Gasteiger partial charge on any atom is -0.463 e. The van der Waals surface area contributed by atoms with E-state index >= 15 is 0 Å². The summed E-state index contributed by atoms with van der Waals surface area (Å²) in [6.07, 6.45) is 1.56. The summed E-state index contributed by atoms with van der Waals surface area (Å²) in [7, 11) is 0. The van der Waals surface area contributed by atoms with Gasteiger partial charge in [-0.1, -0.05) is 35.5 Å². The summed E-state index contributed by atoms with van der Waals surface area (Å²) in [5.41, 5.74) is 3.64. The molecule has 1 aromatic carbocycles. The standard InChI is InChI=1S/C17H16N2O3/c1-2-21-17(20)16-11-15(19-22-16)13-8-6-12(7-9-13)14-5-3-4-10-18-14/h3-10,16H,2,11H2,1H3. The number of pyridine rings is 1. The fourth-order valence-electron chi connectivity index (χ4n) is 2.28. The van der Waals surface area contributed by atoms with E-state index in [1.807, 2.05) is 42.5 Å². The molecular weight excluding hydrogens is 280 g/mol. The lowest BCUT2D eigenvalue weighted by Gasteiger charge is -2.06. The Morgan fingerprint density at radius 2 is 2.00 bits per heavy atom. The van der Waals surface area contributed by atoms with Gasteiger partial charge in [-0.25, -0.2) is 4.79 Å². The van der Waals surface area contributed by atoms with E-state index in [-0.39, 0.29) is 5.97 Å². The van der Waals surface area contributed by atoms with Gasteiger partial charge in [-0.3, -0.25) is 4.98 Å². The summed E-state index contributed by atoms with van der Waals surface area (Å²) in [6, 6.07) is 13.7. The number of carbonyl (C=O) groups excluding carboxylic acids is 1. The second-order valence-electron chi connectivity index (χ2n) is 4.88. The van der Waals surface area contributed by atoms with Crippen molar-refractivity contribution in [2.24, 2.45) is 5.16 Å². The van der Waals surface area contributed by atoms with Crippen LogP contribution in [0.15, 0.2) is 53.8 Å². The molecule has 2 aromatic rings. The van der Waals surface area contributed by atoms with Crippen LogP contribution in [0.4, 0.5) is 0 Å². The normalized spacial score (nSPS) is 16.8. The molecule has 0 fully saturated rings. The quantitative estimate of drug-likeness (QED) is 0.814. The van der Waals surface area contributed by atoms with Crippen LogP contribution >= 0.6 is 0 Å². The van der Waals surface area contributed by atoms with Crippen LogP contribution in [-0.2, 0) is 14.4 Å². The molecular formula is C17H16N2O3. The van der Waals surface area contributed by atoms with Gasteiger partial charge < -0.3 is 9.57 Å². The number of ether oxygens (including phenoxy) is 1. The number of oxime groups is 1. The maximum atomic E-state index is 11.6. The van der Waals surface area contributed by atoms with Crippen molar-refractivity contribution in [1.29, 1.82) is 0 Å². The summed E-state index contributed by atoms with van der Waals surface area (Å²) in [6.45, 7) is 2.11. The number of benzene rings is 1. The van der Waals surface area contributed by atoms with Gasteiger partial charge in [0.1, 0.15) is 0 Å². The van der Waals surface area contributed by atoms with Gasteiger partial charge >= 0.3 is 5.97 Å². The Bertz CT molecular complexity index is 681. The molecule has 2 heterocycles. The van der Waals surface area contributed by atoms with Gasteiger partial charge in [0.15, 0.2) is 0 Å². The molecule has 0 N–H and O–H groups in total. The Morgan fingerprint density at radius 1 is 1.23 bits per heavy atom. The van der Waals surface area contributed by atoms with Crippen molar-refractivity contribution < 1.29 is 14.4 Å². The monoisotopic (exact) mass is 296 g/mol. The molecule has 1 aromatic heterocycles. The predicted octanol–water partition coefficient (Wildman–Crippen LogP) is 2.80. The SMILES string of the molecule is CCOC(=O)C1CC(c2ccc(-c3ccccn3)cc2)=NO1. The number of aromatic nitrogens is 1. The molecule has 5 heteroatoms. The zero-order valence-corrected chi connectivity index (χ0v) is 12.2. The molecule has 112 valence electrons. The highest BCUT2D eigenvalue weighted by Gasteiger charge is 2.29. The van der Waals surface area contributed by atoms with Crippen LogP contribution in [0.25, 0.3) is 11.3 Å². The lowest BCUT2D eigenvalue weighted by molar-refractivity contribution is -0.154. The molecule has 0 spiro atoms. The van der Waals surface area contributed by atoms with E-state index in [1.165, 1.54) is 0 Å². The number of hydrogen-bond acceptors (Lipinski definition) is 5. The minimum atomic E-state index is -0.634. The van der Waals surface area contributed by atoms with E-state index in [0.29, 0.717) is 13.0 Å². The van der Waals surface area contributed by atoms with E-state index in [2.05, 4.69) is 10.1 Å². The molecule has 1 aliphatic heterocycles. The van der Waals surface area contributed by atoms with Gasteiger partial charge in [-0.15, -0.1) is 0 Å². The third-order valence-corrected chi connectivity index (χ3v) is 3.40. The molecule has 1 aliphatic rings. The Morgan fingerprint density at radius 3 is 2.68 bits per heavy atom. The second kappa shape index (κ2) is 6.39.